The highest BCUT2D eigenvalue weighted by Gasteiger charge is 2.45. The molecule has 3 rings (SSSR count). The van der Waals surface area contributed by atoms with E-state index in [0.717, 1.165) is 44.4 Å². The largest absolute Gasteiger partial charge is 0.494 e. The van der Waals surface area contributed by atoms with E-state index in [1.807, 2.05) is 0 Å². The van der Waals surface area contributed by atoms with Gasteiger partial charge in [-0.25, -0.2) is 8.78 Å². The fraction of sp³-hybridized carbons (Fsp3) is 0.321. The van der Waals surface area contributed by atoms with Crippen molar-refractivity contribution in [2.24, 2.45) is 5.92 Å². The first-order valence-electron chi connectivity index (χ1n) is 12.0. The summed E-state index contributed by atoms with van der Waals surface area (Å²) >= 11 is 0. The van der Waals surface area contributed by atoms with E-state index < -0.39 is 59.9 Å². The number of halogens is 9. The summed E-state index contributed by atoms with van der Waals surface area (Å²) in [6, 6.07) is 13.0. The first-order chi connectivity index (χ1) is 19.1. The second-order valence-electron chi connectivity index (χ2n) is 9.25. The molecule has 4 nitrogen and oxygen atoms in total. The summed E-state index contributed by atoms with van der Waals surface area (Å²) < 4.78 is 131. The number of rotatable bonds is 11. The fourth-order valence-electron chi connectivity index (χ4n) is 4.14. The summed E-state index contributed by atoms with van der Waals surface area (Å²) in [6.07, 6.45) is -15.5. The number of methoxy groups -OCH3 is 1. The Morgan fingerprint density at radius 1 is 0.902 bits per heavy atom. The minimum atomic E-state index is -5.03. The number of hydrogen-bond acceptors (Lipinski definition) is 3. The van der Waals surface area contributed by atoms with E-state index in [0.29, 0.717) is 11.6 Å². The Kier molecular flexibility index (Phi) is 9.50. The molecule has 222 valence electrons. The number of benzene rings is 3. The van der Waals surface area contributed by atoms with Gasteiger partial charge in [0.05, 0.1) is 18.6 Å². The van der Waals surface area contributed by atoms with E-state index in [9.17, 15) is 44.3 Å². The second kappa shape index (κ2) is 12.3. The van der Waals surface area contributed by atoms with E-state index in [2.05, 4.69) is 10.1 Å². The molecule has 0 fully saturated rings. The first-order valence-corrected chi connectivity index (χ1v) is 12.0. The zero-order chi connectivity index (χ0) is 30.6. The molecule has 1 unspecified atom stereocenters. The van der Waals surface area contributed by atoms with Gasteiger partial charge in [-0.1, -0.05) is 43.3 Å². The topological polar surface area (TPSA) is 47.6 Å². The van der Waals surface area contributed by atoms with E-state index in [1.165, 1.54) is 0 Å². The average Bonchev–Trinajstić information content (AvgIpc) is 2.87. The average molecular weight is 593 g/mol. The molecular formula is C28H24F9NO3. The molecule has 0 aliphatic heterocycles. The summed E-state index contributed by atoms with van der Waals surface area (Å²) in [5.74, 6) is -6.84. The fourth-order valence-corrected chi connectivity index (χ4v) is 4.14. The standard InChI is InChI=1S/C28H24F9NO3/c1-16(27(33,34)35)10-24(39)38-26(15-17-6-4-3-5-7-17,18-8-9-22(30)23(13-18)40-2)19-11-20(29)14-21(12-19)41-28(36,37)25(31)32/h3-9,11-14,16,25H,10,15H2,1-2H3,(H,38,39)/t16?,26-/m1/s1. The van der Waals surface area contributed by atoms with Crippen LogP contribution in [0.3, 0.4) is 0 Å². The van der Waals surface area contributed by atoms with Crippen LogP contribution in [0, 0.1) is 17.6 Å². The molecule has 3 aromatic rings. The van der Waals surface area contributed by atoms with Crippen LogP contribution >= 0.6 is 0 Å². The third-order valence-electron chi connectivity index (χ3n) is 6.23. The summed E-state index contributed by atoms with van der Waals surface area (Å²) in [5.41, 5.74) is -2.07. The van der Waals surface area contributed by atoms with Crippen molar-refractivity contribution in [3.05, 3.63) is 95.1 Å². The van der Waals surface area contributed by atoms with Gasteiger partial charge in [0.2, 0.25) is 5.91 Å². The maximum atomic E-state index is 14.8. The summed E-state index contributed by atoms with van der Waals surface area (Å²) in [5, 5.41) is 2.45. The molecule has 0 aliphatic carbocycles. The van der Waals surface area contributed by atoms with Crippen LogP contribution in [-0.4, -0.2) is 31.7 Å². The van der Waals surface area contributed by atoms with E-state index in [1.54, 1.807) is 30.3 Å². The number of hydrogen-bond donors (Lipinski definition) is 1. The maximum absolute atomic E-state index is 14.8. The van der Waals surface area contributed by atoms with Crippen molar-refractivity contribution >= 4 is 5.91 Å². The van der Waals surface area contributed by atoms with Crippen LogP contribution in [0.15, 0.2) is 66.7 Å². The third kappa shape index (κ3) is 7.65. The molecule has 2 atom stereocenters. The molecule has 0 saturated carbocycles. The lowest BCUT2D eigenvalue weighted by Gasteiger charge is -2.37. The molecule has 1 amide bonds. The molecule has 0 aromatic heterocycles. The van der Waals surface area contributed by atoms with Crippen LogP contribution in [0.5, 0.6) is 11.5 Å². The molecule has 0 bridgehead atoms. The Balaban J connectivity index is 2.30. The highest BCUT2D eigenvalue weighted by atomic mass is 19.4. The molecule has 13 heteroatoms. The number of nitrogens with one attached hydrogen (secondary N) is 1. The number of carbonyl (C=O) groups is 1. The monoisotopic (exact) mass is 593 g/mol. The van der Waals surface area contributed by atoms with Gasteiger partial charge in [0.25, 0.3) is 0 Å². The quantitative estimate of drug-likeness (QED) is 0.236. The molecule has 0 heterocycles. The highest BCUT2D eigenvalue weighted by molar-refractivity contribution is 5.78. The molecule has 0 spiro atoms. The Morgan fingerprint density at radius 2 is 1.56 bits per heavy atom. The summed E-state index contributed by atoms with van der Waals surface area (Å²) in [6.45, 7) is 0.764. The SMILES string of the molecule is COc1cc([C@@](Cc2ccccc2)(NC(=O)CC(C)C(F)(F)F)c2cc(F)cc(OC(F)(F)C(F)F)c2)ccc1F. The predicted octanol–water partition coefficient (Wildman–Crippen LogP) is 7.40. The Morgan fingerprint density at radius 3 is 2.15 bits per heavy atom. The molecular weight excluding hydrogens is 569 g/mol. The molecule has 3 aromatic carbocycles. The number of ether oxygens (including phenoxy) is 2. The normalized spacial score (nSPS) is 14.3. The number of alkyl halides is 7. The Hall–Kier alpha value is -3.90. The zero-order valence-corrected chi connectivity index (χ0v) is 21.5. The molecule has 41 heavy (non-hydrogen) atoms. The van der Waals surface area contributed by atoms with Gasteiger partial charge < -0.3 is 14.8 Å². The molecule has 0 saturated heterocycles. The zero-order valence-electron chi connectivity index (χ0n) is 21.5. The first kappa shape index (κ1) is 31.6. The lowest BCUT2D eigenvalue weighted by molar-refractivity contribution is -0.253. The third-order valence-corrected chi connectivity index (χ3v) is 6.23. The van der Waals surface area contributed by atoms with Gasteiger partial charge in [-0.2, -0.15) is 30.7 Å². The van der Waals surface area contributed by atoms with Crippen molar-refractivity contribution in [1.29, 1.82) is 0 Å². The summed E-state index contributed by atoms with van der Waals surface area (Å²) in [7, 11) is 1.12. The minimum absolute atomic E-state index is 0.0511. The van der Waals surface area contributed by atoms with Gasteiger partial charge in [-0.05, 0) is 41.0 Å². The van der Waals surface area contributed by atoms with Crippen LogP contribution in [-0.2, 0) is 16.8 Å². The van der Waals surface area contributed by atoms with E-state index in [4.69, 9.17) is 4.74 Å². The van der Waals surface area contributed by atoms with E-state index >= 15 is 0 Å². The Labute approximate surface area is 229 Å². The van der Waals surface area contributed by atoms with E-state index in [-0.39, 0.29) is 23.3 Å². The number of carbonyl (C=O) groups excluding carboxylic acids is 1. The van der Waals surface area contributed by atoms with Crippen molar-refractivity contribution in [3.8, 4) is 11.5 Å². The molecule has 1 N–H and O–H groups in total. The Bertz CT molecular complexity index is 1350. The molecule has 0 radical (unpaired) electrons. The van der Waals surface area contributed by atoms with Crippen LogP contribution in [0.4, 0.5) is 39.5 Å². The minimum Gasteiger partial charge on any atom is -0.494 e. The van der Waals surface area contributed by atoms with Crippen LogP contribution in [0.25, 0.3) is 0 Å². The predicted molar refractivity (Wildman–Crippen MR) is 130 cm³/mol. The van der Waals surface area contributed by atoms with Crippen LogP contribution < -0.4 is 14.8 Å². The van der Waals surface area contributed by atoms with Gasteiger partial charge in [0.15, 0.2) is 11.6 Å². The van der Waals surface area contributed by atoms with Crippen LogP contribution in [0.2, 0.25) is 0 Å². The van der Waals surface area contributed by atoms with Gasteiger partial charge in [-0.15, -0.1) is 0 Å². The van der Waals surface area contributed by atoms with Crippen LogP contribution in [0.1, 0.15) is 30.0 Å². The van der Waals surface area contributed by atoms with Crippen molar-refractivity contribution in [1.82, 2.24) is 5.32 Å². The lowest BCUT2D eigenvalue weighted by Crippen LogP contribution is -2.49. The van der Waals surface area contributed by atoms with Crippen molar-refractivity contribution < 1.29 is 53.8 Å². The lowest BCUT2D eigenvalue weighted by atomic mass is 9.77. The van der Waals surface area contributed by atoms with Gasteiger partial charge in [0, 0.05) is 18.9 Å². The van der Waals surface area contributed by atoms with Crippen molar-refractivity contribution in [3.63, 3.8) is 0 Å². The summed E-state index contributed by atoms with van der Waals surface area (Å²) in [4.78, 5) is 13.1. The maximum Gasteiger partial charge on any atom is 0.461 e. The van der Waals surface area contributed by atoms with Gasteiger partial charge in [0.1, 0.15) is 11.6 Å². The highest BCUT2D eigenvalue weighted by Crippen LogP contribution is 2.40. The smallest absolute Gasteiger partial charge is 0.461 e. The van der Waals surface area contributed by atoms with Gasteiger partial charge >= 0.3 is 18.7 Å². The van der Waals surface area contributed by atoms with Crippen molar-refractivity contribution in [2.45, 2.75) is 44.0 Å². The van der Waals surface area contributed by atoms with Gasteiger partial charge in [-0.3, -0.25) is 4.79 Å². The van der Waals surface area contributed by atoms with Crippen molar-refractivity contribution in [2.75, 3.05) is 7.11 Å². The second-order valence-corrected chi connectivity index (χ2v) is 9.25. The number of amides is 1. The molecule has 0 aliphatic rings.